The molecule has 0 unspecified atom stereocenters. The molecular weight excluding hydrogens is 236 g/mol. The lowest BCUT2D eigenvalue weighted by molar-refractivity contribution is 0.215. The molecule has 1 aromatic rings. The highest BCUT2D eigenvalue weighted by Crippen LogP contribution is 2.21. The van der Waals surface area contributed by atoms with Crippen LogP contribution in [0.1, 0.15) is 30.9 Å². The smallest absolute Gasteiger partial charge is 0.122 e. The van der Waals surface area contributed by atoms with Gasteiger partial charge in [-0.3, -0.25) is 0 Å². The zero-order valence-corrected chi connectivity index (χ0v) is 12.2. The van der Waals surface area contributed by atoms with Crippen LogP contribution in [0.4, 0.5) is 0 Å². The van der Waals surface area contributed by atoms with E-state index >= 15 is 0 Å². The molecule has 1 heterocycles. The molecule has 0 amide bonds. The third-order valence-corrected chi connectivity index (χ3v) is 4.07. The lowest BCUT2D eigenvalue weighted by atomic mass is 10.0. The van der Waals surface area contributed by atoms with E-state index in [0.29, 0.717) is 6.04 Å². The Hall–Kier alpha value is -1.06. The molecular formula is C16H26N2O. The average molecular weight is 262 g/mol. The van der Waals surface area contributed by atoms with Gasteiger partial charge in [0.15, 0.2) is 0 Å². The minimum absolute atomic E-state index is 0.420. The maximum Gasteiger partial charge on any atom is 0.122 e. The maximum absolute atomic E-state index is 5.93. The first-order valence-corrected chi connectivity index (χ1v) is 7.36. The molecule has 19 heavy (non-hydrogen) atoms. The van der Waals surface area contributed by atoms with Crippen LogP contribution in [0, 0.1) is 0 Å². The van der Waals surface area contributed by atoms with Crippen LogP contribution in [0.5, 0.6) is 5.75 Å². The van der Waals surface area contributed by atoms with Gasteiger partial charge in [-0.15, -0.1) is 0 Å². The van der Waals surface area contributed by atoms with Gasteiger partial charge in [0.05, 0.1) is 7.11 Å². The highest BCUT2D eigenvalue weighted by molar-refractivity contribution is 5.37. The highest BCUT2D eigenvalue weighted by Gasteiger charge is 2.15. The quantitative estimate of drug-likeness (QED) is 0.884. The Morgan fingerprint density at radius 1 is 1.32 bits per heavy atom. The van der Waals surface area contributed by atoms with Gasteiger partial charge in [0.1, 0.15) is 5.75 Å². The van der Waals surface area contributed by atoms with E-state index in [4.69, 9.17) is 10.5 Å². The van der Waals surface area contributed by atoms with E-state index in [2.05, 4.69) is 30.0 Å². The minimum atomic E-state index is 0.420. The van der Waals surface area contributed by atoms with E-state index in [9.17, 15) is 0 Å². The number of likely N-dealkylation sites (tertiary alicyclic amines) is 1. The fourth-order valence-corrected chi connectivity index (χ4v) is 2.73. The molecule has 0 radical (unpaired) electrons. The van der Waals surface area contributed by atoms with Crippen LogP contribution < -0.4 is 10.5 Å². The number of nitrogens with two attached hydrogens (primary N) is 1. The Kier molecular flexibility index (Phi) is 5.23. The van der Waals surface area contributed by atoms with Crippen LogP contribution in [-0.2, 0) is 12.8 Å². The number of rotatable bonds is 5. The molecule has 1 fully saturated rings. The monoisotopic (exact) mass is 262 g/mol. The largest absolute Gasteiger partial charge is 0.496 e. The summed E-state index contributed by atoms with van der Waals surface area (Å²) in [5, 5.41) is 0. The van der Waals surface area contributed by atoms with Gasteiger partial charge in [-0.1, -0.05) is 19.1 Å². The van der Waals surface area contributed by atoms with Crippen molar-refractivity contribution in [2.45, 2.75) is 38.6 Å². The fourth-order valence-electron chi connectivity index (χ4n) is 2.73. The second-order valence-electron chi connectivity index (χ2n) is 5.43. The Morgan fingerprint density at radius 3 is 2.68 bits per heavy atom. The molecule has 2 rings (SSSR count). The van der Waals surface area contributed by atoms with E-state index < -0.39 is 0 Å². The summed E-state index contributed by atoms with van der Waals surface area (Å²) in [6.07, 6.45) is 4.42. The van der Waals surface area contributed by atoms with Crippen molar-refractivity contribution < 1.29 is 4.74 Å². The van der Waals surface area contributed by atoms with Crippen molar-refractivity contribution >= 4 is 0 Å². The molecule has 0 saturated carbocycles. The van der Waals surface area contributed by atoms with Crippen LogP contribution in [0.2, 0.25) is 0 Å². The Balaban J connectivity index is 1.89. The van der Waals surface area contributed by atoms with Crippen LogP contribution in [0.15, 0.2) is 18.2 Å². The van der Waals surface area contributed by atoms with Gasteiger partial charge in [0.25, 0.3) is 0 Å². The molecule has 106 valence electrons. The second-order valence-corrected chi connectivity index (χ2v) is 5.43. The number of benzene rings is 1. The van der Waals surface area contributed by atoms with Gasteiger partial charge in [-0.2, -0.15) is 0 Å². The summed E-state index contributed by atoms with van der Waals surface area (Å²) in [5.74, 6) is 1.01. The van der Waals surface area contributed by atoms with Crippen molar-refractivity contribution in [3.05, 3.63) is 29.3 Å². The van der Waals surface area contributed by atoms with Crippen LogP contribution in [0.25, 0.3) is 0 Å². The van der Waals surface area contributed by atoms with Crippen molar-refractivity contribution in [3.63, 3.8) is 0 Å². The second kappa shape index (κ2) is 6.92. The Morgan fingerprint density at radius 2 is 2.05 bits per heavy atom. The SMILES string of the molecule is CCc1cc(CCN2CCC(N)CC2)ccc1OC. The van der Waals surface area contributed by atoms with Gasteiger partial charge < -0.3 is 15.4 Å². The fraction of sp³-hybridized carbons (Fsp3) is 0.625. The topological polar surface area (TPSA) is 38.5 Å². The van der Waals surface area contributed by atoms with Crippen LogP contribution >= 0.6 is 0 Å². The van der Waals surface area contributed by atoms with Crippen molar-refractivity contribution in [2.75, 3.05) is 26.7 Å². The van der Waals surface area contributed by atoms with Gasteiger partial charge in [0.2, 0.25) is 0 Å². The molecule has 3 nitrogen and oxygen atoms in total. The van der Waals surface area contributed by atoms with E-state index in [1.807, 2.05) is 0 Å². The molecule has 1 aliphatic rings. The first-order chi connectivity index (χ1) is 9.22. The van der Waals surface area contributed by atoms with E-state index in [1.165, 1.54) is 11.1 Å². The number of nitrogens with zero attached hydrogens (tertiary/aromatic N) is 1. The predicted molar refractivity (Wildman–Crippen MR) is 79.7 cm³/mol. The number of methoxy groups -OCH3 is 1. The highest BCUT2D eigenvalue weighted by atomic mass is 16.5. The lowest BCUT2D eigenvalue weighted by Crippen LogP contribution is -2.40. The van der Waals surface area contributed by atoms with E-state index in [1.54, 1.807) is 7.11 Å². The zero-order valence-electron chi connectivity index (χ0n) is 12.2. The van der Waals surface area contributed by atoms with Crippen molar-refractivity contribution in [3.8, 4) is 5.75 Å². The van der Waals surface area contributed by atoms with Gasteiger partial charge in [-0.25, -0.2) is 0 Å². The normalized spacial score (nSPS) is 17.6. The van der Waals surface area contributed by atoms with E-state index in [0.717, 1.165) is 51.1 Å². The summed E-state index contributed by atoms with van der Waals surface area (Å²) in [6, 6.07) is 6.99. The first-order valence-electron chi connectivity index (χ1n) is 7.36. The molecule has 1 aliphatic heterocycles. The first kappa shape index (κ1) is 14.4. The molecule has 3 heteroatoms. The van der Waals surface area contributed by atoms with Gasteiger partial charge in [-0.05, 0) is 56.0 Å². The van der Waals surface area contributed by atoms with Crippen molar-refractivity contribution in [1.29, 1.82) is 0 Å². The zero-order chi connectivity index (χ0) is 13.7. The summed E-state index contributed by atoms with van der Waals surface area (Å²) < 4.78 is 5.37. The third-order valence-electron chi connectivity index (χ3n) is 4.07. The van der Waals surface area contributed by atoms with Crippen LogP contribution in [0.3, 0.4) is 0 Å². The lowest BCUT2D eigenvalue weighted by Gasteiger charge is -2.30. The molecule has 0 aromatic heterocycles. The summed E-state index contributed by atoms with van der Waals surface area (Å²) in [5.41, 5.74) is 8.65. The summed E-state index contributed by atoms with van der Waals surface area (Å²) in [4.78, 5) is 2.53. The van der Waals surface area contributed by atoms with Gasteiger partial charge in [0, 0.05) is 12.6 Å². The summed E-state index contributed by atoms with van der Waals surface area (Å²) in [7, 11) is 1.74. The van der Waals surface area contributed by atoms with Crippen molar-refractivity contribution in [1.82, 2.24) is 4.90 Å². The number of ether oxygens (including phenoxy) is 1. The number of piperidine rings is 1. The predicted octanol–water partition coefficient (Wildman–Crippen LogP) is 2.22. The maximum atomic E-state index is 5.93. The molecule has 0 bridgehead atoms. The minimum Gasteiger partial charge on any atom is -0.496 e. The van der Waals surface area contributed by atoms with Crippen molar-refractivity contribution in [2.24, 2.45) is 5.73 Å². The van der Waals surface area contributed by atoms with Crippen LogP contribution in [-0.4, -0.2) is 37.7 Å². The molecule has 0 spiro atoms. The molecule has 2 N–H and O–H groups in total. The summed E-state index contributed by atoms with van der Waals surface area (Å²) >= 11 is 0. The average Bonchev–Trinajstić information content (AvgIpc) is 2.46. The van der Waals surface area contributed by atoms with E-state index in [-0.39, 0.29) is 0 Å². The molecule has 1 saturated heterocycles. The molecule has 0 atom stereocenters. The summed E-state index contributed by atoms with van der Waals surface area (Å²) in [6.45, 7) is 5.62. The Bertz CT molecular complexity index is 398. The standard InChI is InChI=1S/C16H26N2O/c1-3-14-12-13(4-5-16(14)19-2)6-9-18-10-7-15(17)8-11-18/h4-5,12,15H,3,6-11,17H2,1-2H3. The molecule has 0 aliphatic carbocycles. The number of hydrogen-bond donors (Lipinski definition) is 1. The van der Waals surface area contributed by atoms with Gasteiger partial charge >= 0.3 is 0 Å². The Labute approximate surface area is 116 Å². The third kappa shape index (κ3) is 3.95. The number of aryl methyl sites for hydroxylation is 1. The molecule has 1 aromatic carbocycles. The number of hydrogen-bond acceptors (Lipinski definition) is 3.